The minimum atomic E-state index is 0.397. The van der Waals surface area contributed by atoms with Crippen molar-refractivity contribution in [2.45, 2.75) is 0 Å². The highest BCUT2D eigenvalue weighted by atomic mass is 35.5. The van der Waals surface area contributed by atoms with E-state index in [0.717, 1.165) is 21.3 Å². The van der Waals surface area contributed by atoms with Crippen molar-refractivity contribution < 1.29 is 0 Å². The molecule has 0 saturated heterocycles. The lowest BCUT2D eigenvalue weighted by molar-refractivity contribution is 1.27. The molecule has 3 rings (SSSR count). The molecule has 5 heteroatoms. The molecule has 0 amide bonds. The van der Waals surface area contributed by atoms with E-state index in [9.17, 15) is 0 Å². The number of fused-ring (bicyclic) bond motifs is 1. The van der Waals surface area contributed by atoms with E-state index in [0.29, 0.717) is 10.8 Å². The van der Waals surface area contributed by atoms with E-state index < -0.39 is 0 Å². The maximum atomic E-state index is 8.87. The van der Waals surface area contributed by atoms with Gasteiger partial charge in [0.05, 0.1) is 10.2 Å². The second kappa shape index (κ2) is 4.37. The van der Waals surface area contributed by atoms with Crippen molar-refractivity contribution >= 4 is 33.2 Å². The lowest BCUT2D eigenvalue weighted by Crippen LogP contribution is -1.84. The fourth-order valence-electron chi connectivity index (χ4n) is 1.75. The van der Waals surface area contributed by atoms with Gasteiger partial charge in [-0.15, -0.1) is 11.3 Å². The van der Waals surface area contributed by atoms with Gasteiger partial charge >= 0.3 is 0 Å². The number of halogens is 1. The zero-order valence-electron chi connectivity index (χ0n) is 9.09. The molecule has 0 fully saturated rings. The molecular formula is C13H6ClN3S. The molecule has 86 valence electrons. The quantitative estimate of drug-likeness (QED) is 0.631. The van der Waals surface area contributed by atoms with Crippen LogP contribution in [0.1, 0.15) is 5.69 Å². The SMILES string of the molecule is N#Cc1cc(-c2csc3ccc(Cl)nc23)ccn1. The van der Waals surface area contributed by atoms with E-state index in [1.165, 1.54) is 0 Å². The van der Waals surface area contributed by atoms with Crippen LogP contribution in [0, 0.1) is 11.3 Å². The van der Waals surface area contributed by atoms with Crippen molar-refractivity contribution in [1.82, 2.24) is 9.97 Å². The summed E-state index contributed by atoms with van der Waals surface area (Å²) in [7, 11) is 0. The van der Waals surface area contributed by atoms with Crippen LogP contribution in [0.5, 0.6) is 0 Å². The number of nitrogens with zero attached hydrogens (tertiary/aromatic N) is 3. The number of nitriles is 1. The molecule has 0 spiro atoms. The molecule has 0 radical (unpaired) electrons. The molecule has 0 saturated carbocycles. The average Bonchev–Trinajstić information content (AvgIpc) is 2.81. The Morgan fingerprint density at radius 2 is 2.17 bits per heavy atom. The molecule has 0 aliphatic carbocycles. The second-order valence-electron chi connectivity index (χ2n) is 3.67. The number of hydrogen-bond acceptors (Lipinski definition) is 4. The van der Waals surface area contributed by atoms with Gasteiger partial charge in [-0.1, -0.05) is 11.6 Å². The molecule has 0 atom stereocenters. The first kappa shape index (κ1) is 11.1. The van der Waals surface area contributed by atoms with Crippen LogP contribution in [-0.4, -0.2) is 9.97 Å². The molecule has 0 bridgehead atoms. The maximum Gasteiger partial charge on any atom is 0.141 e. The van der Waals surface area contributed by atoms with E-state index in [1.807, 2.05) is 23.6 Å². The molecule has 3 heterocycles. The standard InChI is InChI=1S/C13H6ClN3S/c14-12-2-1-11-13(17-12)10(7-18-11)8-3-4-16-9(5-8)6-15/h1-5,7H. The highest BCUT2D eigenvalue weighted by molar-refractivity contribution is 7.17. The normalized spacial score (nSPS) is 10.4. The van der Waals surface area contributed by atoms with Gasteiger partial charge in [-0.2, -0.15) is 5.26 Å². The zero-order chi connectivity index (χ0) is 12.5. The summed E-state index contributed by atoms with van der Waals surface area (Å²) in [5.74, 6) is 0. The van der Waals surface area contributed by atoms with Gasteiger partial charge in [-0.3, -0.25) is 0 Å². The van der Waals surface area contributed by atoms with Gasteiger partial charge < -0.3 is 0 Å². The Bertz CT molecular complexity index is 773. The van der Waals surface area contributed by atoms with E-state index >= 15 is 0 Å². The maximum absolute atomic E-state index is 8.87. The van der Waals surface area contributed by atoms with Crippen molar-refractivity contribution in [1.29, 1.82) is 5.26 Å². The fraction of sp³-hybridized carbons (Fsp3) is 0. The van der Waals surface area contributed by atoms with Crippen molar-refractivity contribution in [3.05, 3.63) is 46.7 Å². The fourth-order valence-corrected chi connectivity index (χ4v) is 2.81. The monoisotopic (exact) mass is 271 g/mol. The molecule has 0 aromatic carbocycles. The molecular weight excluding hydrogens is 266 g/mol. The Balaban J connectivity index is 2.25. The highest BCUT2D eigenvalue weighted by Crippen LogP contribution is 2.33. The summed E-state index contributed by atoms with van der Waals surface area (Å²) in [6, 6.07) is 9.38. The summed E-state index contributed by atoms with van der Waals surface area (Å²) in [5.41, 5.74) is 3.18. The third-order valence-corrected chi connectivity index (χ3v) is 3.72. The smallest absolute Gasteiger partial charge is 0.141 e. The summed E-state index contributed by atoms with van der Waals surface area (Å²) in [4.78, 5) is 8.30. The summed E-state index contributed by atoms with van der Waals surface area (Å²) >= 11 is 7.53. The predicted molar refractivity (Wildman–Crippen MR) is 72.6 cm³/mol. The zero-order valence-corrected chi connectivity index (χ0v) is 10.7. The third-order valence-electron chi connectivity index (χ3n) is 2.57. The Morgan fingerprint density at radius 1 is 1.28 bits per heavy atom. The van der Waals surface area contributed by atoms with E-state index in [4.69, 9.17) is 16.9 Å². The van der Waals surface area contributed by atoms with Crippen molar-refractivity contribution in [3.8, 4) is 17.2 Å². The molecule has 0 aliphatic rings. The van der Waals surface area contributed by atoms with Crippen LogP contribution in [-0.2, 0) is 0 Å². The minimum absolute atomic E-state index is 0.397. The molecule has 0 unspecified atom stereocenters. The summed E-state index contributed by atoms with van der Waals surface area (Å²) in [6.45, 7) is 0. The van der Waals surface area contributed by atoms with Crippen LogP contribution in [0.2, 0.25) is 5.15 Å². The van der Waals surface area contributed by atoms with E-state index in [1.54, 1.807) is 29.7 Å². The number of thiophene rings is 1. The van der Waals surface area contributed by atoms with Gasteiger partial charge in [-0.25, -0.2) is 9.97 Å². The molecule has 3 aromatic rings. The first-order valence-corrected chi connectivity index (χ1v) is 6.44. The molecule has 0 N–H and O–H groups in total. The number of hydrogen-bond donors (Lipinski definition) is 0. The van der Waals surface area contributed by atoms with Crippen LogP contribution in [0.4, 0.5) is 0 Å². The number of rotatable bonds is 1. The van der Waals surface area contributed by atoms with Gasteiger partial charge in [0, 0.05) is 17.1 Å². The van der Waals surface area contributed by atoms with E-state index in [-0.39, 0.29) is 0 Å². The highest BCUT2D eigenvalue weighted by Gasteiger charge is 2.09. The van der Waals surface area contributed by atoms with Crippen LogP contribution in [0.15, 0.2) is 35.8 Å². The second-order valence-corrected chi connectivity index (χ2v) is 4.97. The first-order valence-electron chi connectivity index (χ1n) is 5.18. The topological polar surface area (TPSA) is 49.6 Å². The third kappa shape index (κ3) is 1.84. The lowest BCUT2D eigenvalue weighted by atomic mass is 10.1. The minimum Gasteiger partial charge on any atom is -0.246 e. The van der Waals surface area contributed by atoms with Crippen LogP contribution in [0.25, 0.3) is 21.3 Å². The Labute approximate surface area is 112 Å². The predicted octanol–water partition coefficient (Wildman–Crippen LogP) is 3.88. The van der Waals surface area contributed by atoms with Gasteiger partial charge in [0.1, 0.15) is 16.9 Å². The number of aromatic nitrogens is 2. The van der Waals surface area contributed by atoms with Crippen molar-refractivity contribution in [2.75, 3.05) is 0 Å². The lowest BCUT2D eigenvalue weighted by Gasteiger charge is -1.99. The van der Waals surface area contributed by atoms with E-state index in [2.05, 4.69) is 9.97 Å². The Morgan fingerprint density at radius 3 is 3.00 bits per heavy atom. The molecule has 3 aromatic heterocycles. The molecule has 0 aliphatic heterocycles. The largest absolute Gasteiger partial charge is 0.246 e. The summed E-state index contributed by atoms with van der Waals surface area (Å²) < 4.78 is 1.07. The summed E-state index contributed by atoms with van der Waals surface area (Å²) in [5, 5.41) is 11.4. The molecule has 18 heavy (non-hydrogen) atoms. The van der Waals surface area contributed by atoms with Crippen LogP contribution < -0.4 is 0 Å². The number of pyridine rings is 2. The Hall–Kier alpha value is -1.96. The van der Waals surface area contributed by atoms with Crippen molar-refractivity contribution in [3.63, 3.8) is 0 Å². The van der Waals surface area contributed by atoms with Gasteiger partial charge in [0.25, 0.3) is 0 Å². The van der Waals surface area contributed by atoms with Crippen molar-refractivity contribution in [2.24, 2.45) is 0 Å². The Kier molecular flexibility index (Phi) is 2.71. The van der Waals surface area contributed by atoms with Crippen LogP contribution in [0.3, 0.4) is 0 Å². The first-order chi connectivity index (χ1) is 8.78. The van der Waals surface area contributed by atoms with Gasteiger partial charge in [0.15, 0.2) is 0 Å². The van der Waals surface area contributed by atoms with Crippen LogP contribution >= 0.6 is 22.9 Å². The average molecular weight is 272 g/mol. The molecule has 3 nitrogen and oxygen atoms in total. The van der Waals surface area contributed by atoms with Gasteiger partial charge in [-0.05, 0) is 29.8 Å². The summed E-state index contributed by atoms with van der Waals surface area (Å²) in [6.07, 6.45) is 1.63. The van der Waals surface area contributed by atoms with Gasteiger partial charge in [0.2, 0.25) is 0 Å².